The second kappa shape index (κ2) is 1.83. The molecule has 3 nitrogen and oxygen atoms in total. The number of hydrogen-bond donors (Lipinski definition) is 1. The van der Waals surface area contributed by atoms with Gasteiger partial charge in [-0.05, 0) is 6.07 Å². The van der Waals surface area contributed by atoms with E-state index in [2.05, 4.69) is 15.0 Å². The Hall–Kier alpha value is -1.32. The van der Waals surface area contributed by atoms with Crippen LogP contribution in [0.5, 0.6) is 0 Å². The highest BCUT2D eigenvalue weighted by Gasteiger charge is 1.93. The van der Waals surface area contributed by atoms with Gasteiger partial charge < -0.3 is 4.98 Å². The van der Waals surface area contributed by atoms with E-state index in [-0.39, 0.29) is 0 Å². The summed E-state index contributed by atoms with van der Waals surface area (Å²) in [5.41, 5.74) is 1.09. The van der Waals surface area contributed by atoms with Gasteiger partial charge in [-0.25, -0.2) is 4.98 Å². The molecule has 0 amide bonds. The Balaban J connectivity index is 2.86. The summed E-state index contributed by atoms with van der Waals surface area (Å²) in [4.78, 5) is 10.7. The van der Waals surface area contributed by atoms with E-state index < -0.39 is 0 Å². The van der Waals surface area contributed by atoms with Crippen molar-refractivity contribution in [2.75, 3.05) is 0 Å². The maximum atomic E-state index is 5.34. The summed E-state index contributed by atoms with van der Waals surface area (Å²) in [5.74, 6) is 0. The minimum atomic E-state index is 0.301. The number of aromatic nitrogens is 3. The van der Waals surface area contributed by atoms with Crippen LogP contribution in [0.15, 0.2) is 18.5 Å². The van der Waals surface area contributed by atoms with Crippen LogP contribution in [0.4, 0.5) is 0 Å². The van der Waals surface area contributed by atoms with Crippen molar-refractivity contribution in [1.82, 2.24) is 15.0 Å². The van der Waals surface area contributed by atoms with Crippen LogP contribution in [0.3, 0.4) is 0 Å². The third-order valence-electron chi connectivity index (χ3n) is 1.32. The van der Waals surface area contributed by atoms with E-state index in [1.165, 1.54) is 0 Å². The van der Waals surface area contributed by atoms with Crippen LogP contribution in [0.25, 0.3) is 11.0 Å². The smallest absolute Gasteiger partial charge is 0.170 e. The van der Waals surface area contributed by atoms with Gasteiger partial charge in [0.05, 0.1) is 5.72 Å². The van der Waals surface area contributed by atoms with Gasteiger partial charge in [-0.15, -0.1) is 0 Å². The van der Waals surface area contributed by atoms with Crippen molar-refractivity contribution in [3.8, 4) is 0 Å². The van der Waals surface area contributed by atoms with E-state index in [0.717, 1.165) is 11.0 Å². The molecular weight excluding hydrogens is 125 g/mol. The van der Waals surface area contributed by atoms with E-state index in [0.29, 0.717) is 5.72 Å². The molecule has 0 aliphatic heterocycles. The highest BCUT2D eigenvalue weighted by atomic mass is 14.9. The van der Waals surface area contributed by atoms with Crippen LogP contribution in [0.1, 0.15) is 0 Å². The second-order valence-electron chi connectivity index (χ2n) is 2.01. The second-order valence-corrected chi connectivity index (χ2v) is 2.01. The van der Waals surface area contributed by atoms with E-state index in [1.807, 2.05) is 6.07 Å². The third kappa shape index (κ3) is 0.691. The summed E-state index contributed by atoms with van der Waals surface area (Å²) in [7, 11) is 5.34. The molecular formula is C6H4BN3. The van der Waals surface area contributed by atoms with E-state index in [9.17, 15) is 0 Å². The largest absolute Gasteiger partial charge is 0.346 e. The lowest BCUT2D eigenvalue weighted by Crippen LogP contribution is -2.11. The first-order valence-electron chi connectivity index (χ1n) is 2.92. The molecule has 0 fully saturated rings. The molecule has 0 aliphatic carbocycles. The Labute approximate surface area is 58.9 Å². The van der Waals surface area contributed by atoms with Crippen molar-refractivity contribution >= 4 is 24.6 Å². The van der Waals surface area contributed by atoms with Crippen LogP contribution >= 0.6 is 0 Å². The average Bonchev–Trinajstić information content (AvgIpc) is 2.33. The molecule has 0 saturated carbocycles. The monoisotopic (exact) mass is 129 g/mol. The van der Waals surface area contributed by atoms with Crippen molar-refractivity contribution < 1.29 is 0 Å². The van der Waals surface area contributed by atoms with Gasteiger partial charge >= 0.3 is 0 Å². The summed E-state index contributed by atoms with van der Waals surface area (Å²) in [6.45, 7) is 0. The molecule has 0 bridgehead atoms. The zero-order chi connectivity index (χ0) is 6.97. The maximum Gasteiger partial charge on any atom is 0.170 e. The quantitative estimate of drug-likeness (QED) is 0.498. The summed E-state index contributed by atoms with van der Waals surface area (Å²) in [6.07, 6.45) is 3.49. The number of aromatic amines is 1. The third-order valence-corrected chi connectivity index (χ3v) is 1.32. The molecule has 0 aromatic carbocycles. The van der Waals surface area contributed by atoms with Gasteiger partial charge in [-0.3, -0.25) is 4.98 Å². The number of hydrogen-bond acceptors (Lipinski definition) is 2. The molecule has 2 heterocycles. The minimum absolute atomic E-state index is 0.301. The van der Waals surface area contributed by atoms with Gasteiger partial charge in [0.1, 0.15) is 5.65 Å². The molecule has 0 saturated heterocycles. The summed E-state index contributed by atoms with van der Waals surface area (Å²) in [5, 5.41) is 0.981. The normalized spacial score (nSPS) is 10.4. The SMILES string of the molecule is [B]c1ncc2cc[nH]c2n1. The predicted octanol–water partition coefficient (Wildman–Crippen LogP) is -0.248. The minimum Gasteiger partial charge on any atom is -0.346 e. The standard InChI is InChI=1S/C6H4BN3/c7-6-9-3-4-1-2-8-5(4)10-6/h1-3H,(H,8,9,10). The molecule has 2 radical (unpaired) electrons. The van der Waals surface area contributed by atoms with Crippen molar-refractivity contribution in [3.05, 3.63) is 18.5 Å². The van der Waals surface area contributed by atoms with Crippen molar-refractivity contribution in [2.24, 2.45) is 0 Å². The zero-order valence-corrected chi connectivity index (χ0v) is 5.20. The van der Waals surface area contributed by atoms with Crippen LogP contribution in [0.2, 0.25) is 0 Å². The van der Waals surface area contributed by atoms with Gasteiger partial charge in [0.15, 0.2) is 7.85 Å². The van der Waals surface area contributed by atoms with Crippen LogP contribution in [-0.2, 0) is 0 Å². The lowest BCUT2D eigenvalue weighted by molar-refractivity contribution is 1.27. The summed E-state index contributed by atoms with van der Waals surface area (Å²) >= 11 is 0. The number of rotatable bonds is 0. The molecule has 2 aromatic heterocycles. The summed E-state index contributed by atoms with van der Waals surface area (Å²) in [6, 6.07) is 1.90. The summed E-state index contributed by atoms with van der Waals surface area (Å²) < 4.78 is 0. The fourth-order valence-corrected chi connectivity index (χ4v) is 0.853. The van der Waals surface area contributed by atoms with Crippen molar-refractivity contribution in [2.45, 2.75) is 0 Å². The van der Waals surface area contributed by atoms with Gasteiger partial charge in [0, 0.05) is 17.8 Å². The topological polar surface area (TPSA) is 41.6 Å². The Morgan fingerprint density at radius 1 is 1.50 bits per heavy atom. The lowest BCUT2D eigenvalue weighted by atomic mass is 10.1. The molecule has 0 atom stereocenters. The van der Waals surface area contributed by atoms with E-state index >= 15 is 0 Å². The first-order valence-corrected chi connectivity index (χ1v) is 2.92. The van der Waals surface area contributed by atoms with Gasteiger partial charge in [0.2, 0.25) is 0 Å². The van der Waals surface area contributed by atoms with Crippen molar-refractivity contribution in [1.29, 1.82) is 0 Å². The van der Waals surface area contributed by atoms with Crippen LogP contribution in [0, 0.1) is 0 Å². The highest BCUT2D eigenvalue weighted by molar-refractivity contribution is 6.29. The molecule has 10 heavy (non-hydrogen) atoms. The average molecular weight is 129 g/mol. The molecule has 1 N–H and O–H groups in total. The number of fused-ring (bicyclic) bond motifs is 1. The molecule has 2 rings (SSSR count). The molecule has 0 aliphatic rings. The van der Waals surface area contributed by atoms with Gasteiger partial charge in [-0.1, -0.05) is 0 Å². The number of nitrogens with zero attached hydrogens (tertiary/aromatic N) is 2. The lowest BCUT2D eigenvalue weighted by Gasteiger charge is -1.89. The Bertz CT molecular complexity index is 355. The van der Waals surface area contributed by atoms with Gasteiger partial charge in [-0.2, -0.15) is 0 Å². The van der Waals surface area contributed by atoms with Gasteiger partial charge in [0.25, 0.3) is 0 Å². The molecule has 0 spiro atoms. The van der Waals surface area contributed by atoms with E-state index in [4.69, 9.17) is 7.85 Å². The number of nitrogens with one attached hydrogen (secondary N) is 1. The fraction of sp³-hybridized carbons (Fsp3) is 0. The van der Waals surface area contributed by atoms with Crippen LogP contribution in [-0.4, -0.2) is 22.8 Å². The first-order chi connectivity index (χ1) is 4.86. The maximum absolute atomic E-state index is 5.34. The predicted molar refractivity (Wildman–Crippen MR) is 39.3 cm³/mol. The Morgan fingerprint density at radius 3 is 3.30 bits per heavy atom. The van der Waals surface area contributed by atoms with Crippen molar-refractivity contribution in [3.63, 3.8) is 0 Å². The zero-order valence-electron chi connectivity index (χ0n) is 5.20. The fourth-order valence-electron chi connectivity index (χ4n) is 0.853. The Kier molecular flexibility index (Phi) is 1.00. The molecule has 2 aromatic rings. The highest BCUT2D eigenvalue weighted by Crippen LogP contribution is 2.03. The first kappa shape index (κ1) is 5.47. The molecule has 4 heteroatoms. The Morgan fingerprint density at radius 2 is 2.40 bits per heavy atom. The number of H-pyrrole nitrogens is 1. The van der Waals surface area contributed by atoms with Crippen LogP contribution < -0.4 is 5.72 Å². The van der Waals surface area contributed by atoms with E-state index in [1.54, 1.807) is 12.4 Å². The molecule has 46 valence electrons. The molecule has 0 unspecified atom stereocenters.